The predicted molar refractivity (Wildman–Crippen MR) is 105 cm³/mol. The van der Waals surface area contributed by atoms with Crippen molar-refractivity contribution in [1.82, 2.24) is 4.98 Å². The zero-order valence-corrected chi connectivity index (χ0v) is 15.4. The van der Waals surface area contributed by atoms with Gasteiger partial charge in [0.1, 0.15) is 6.04 Å². The molecule has 3 rings (SSSR count). The number of nitrogens with one attached hydrogen (secondary N) is 2. The van der Waals surface area contributed by atoms with Crippen LogP contribution in [0.5, 0.6) is 0 Å². The Hall–Kier alpha value is -2.66. The number of benzene rings is 2. The third kappa shape index (κ3) is 4.45. The summed E-state index contributed by atoms with van der Waals surface area (Å²) in [4.78, 5) is 16.8. The Labute approximate surface area is 151 Å². The molecule has 128 valence electrons. The van der Waals surface area contributed by atoms with Crippen LogP contribution in [0.15, 0.2) is 53.9 Å². The molecule has 0 aliphatic carbocycles. The second-order valence-electron chi connectivity index (χ2n) is 6.05. The summed E-state index contributed by atoms with van der Waals surface area (Å²) in [5.74, 6) is -0.0666. The van der Waals surface area contributed by atoms with Crippen molar-refractivity contribution < 1.29 is 4.79 Å². The summed E-state index contributed by atoms with van der Waals surface area (Å²) in [6.45, 7) is 5.87. The van der Waals surface area contributed by atoms with Crippen LogP contribution in [0, 0.1) is 13.8 Å². The highest BCUT2D eigenvalue weighted by atomic mass is 32.1. The Kier molecular flexibility index (Phi) is 5.14. The maximum atomic E-state index is 12.3. The van der Waals surface area contributed by atoms with E-state index in [9.17, 15) is 4.79 Å². The number of rotatable bonds is 5. The number of nitrogens with zero attached hydrogens (tertiary/aromatic N) is 1. The van der Waals surface area contributed by atoms with Gasteiger partial charge in [-0.3, -0.25) is 4.79 Å². The number of hydrogen-bond donors (Lipinski definition) is 2. The minimum atomic E-state index is -0.339. The molecule has 1 aromatic heterocycles. The molecule has 3 aromatic rings. The quantitative estimate of drug-likeness (QED) is 0.690. The Morgan fingerprint density at radius 2 is 1.64 bits per heavy atom. The smallest absolute Gasteiger partial charge is 0.246 e. The molecule has 0 bridgehead atoms. The summed E-state index contributed by atoms with van der Waals surface area (Å²) in [6.07, 6.45) is 0. The van der Waals surface area contributed by atoms with Gasteiger partial charge in [-0.1, -0.05) is 29.8 Å². The number of carbonyl (C=O) groups excluding carboxylic acids is 1. The van der Waals surface area contributed by atoms with Crippen molar-refractivity contribution in [1.29, 1.82) is 0 Å². The number of hydrogen-bond acceptors (Lipinski definition) is 4. The maximum Gasteiger partial charge on any atom is 0.246 e. The van der Waals surface area contributed by atoms with Crippen LogP contribution >= 0.6 is 11.3 Å². The van der Waals surface area contributed by atoms with Crippen molar-refractivity contribution in [3.8, 4) is 11.3 Å². The molecule has 25 heavy (non-hydrogen) atoms. The standard InChI is InChI=1S/C20H21N3OS/c1-13-4-8-18(9-5-13)23-20(24)14(2)21-17-10-6-16(7-11-17)19-12-25-15(3)22-19/h4-12,14,21H,1-3H3,(H,23,24). The van der Waals surface area contributed by atoms with E-state index in [4.69, 9.17) is 0 Å². The van der Waals surface area contributed by atoms with Gasteiger partial charge in [0.15, 0.2) is 0 Å². The van der Waals surface area contributed by atoms with Gasteiger partial charge in [0, 0.05) is 22.3 Å². The van der Waals surface area contributed by atoms with E-state index in [1.165, 1.54) is 5.56 Å². The number of anilines is 2. The fourth-order valence-electron chi connectivity index (χ4n) is 2.44. The minimum Gasteiger partial charge on any atom is -0.374 e. The summed E-state index contributed by atoms with van der Waals surface area (Å²) >= 11 is 1.64. The molecule has 2 N–H and O–H groups in total. The molecule has 0 fully saturated rings. The van der Waals surface area contributed by atoms with Gasteiger partial charge in [0.05, 0.1) is 10.7 Å². The monoisotopic (exact) mass is 351 g/mol. The first kappa shape index (κ1) is 17.2. The highest BCUT2D eigenvalue weighted by Crippen LogP contribution is 2.23. The van der Waals surface area contributed by atoms with Crippen molar-refractivity contribution in [2.75, 3.05) is 10.6 Å². The van der Waals surface area contributed by atoms with Crippen LogP contribution in [-0.4, -0.2) is 16.9 Å². The number of thiazole rings is 1. The number of carbonyl (C=O) groups is 1. The van der Waals surface area contributed by atoms with Crippen molar-refractivity contribution in [2.24, 2.45) is 0 Å². The van der Waals surface area contributed by atoms with E-state index in [1.807, 2.05) is 69.3 Å². The van der Waals surface area contributed by atoms with Gasteiger partial charge in [-0.15, -0.1) is 11.3 Å². The fourth-order valence-corrected chi connectivity index (χ4v) is 3.06. The summed E-state index contributed by atoms with van der Waals surface area (Å²) in [6, 6.07) is 15.4. The van der Waals surface area contributed by atoms with Crippen LogP contribution in [0.3, 0.4) is 0 Å². The topological polar surface area (TPSA) is 54.0 Å². The lowest BCUT2D eigenvalue weighted by atomic mass is 10.1. The summed E-state index contributed by atoms with van der Waals surface area (Å²) < 4.78 is 0. The number of aromatic nitrogens is 1. The van der Waals surface area contributed by atoms with E-state index in [0.717, 1.165) is 27.6 Å². The molecule has 0 aliphatic rings. The second-order valence-corrected chi connectivity index (χ2v) is 7.11. The molecule has 0 saturated carbocycles. The van der Waals surface area contributed by atoms with Gasteiger partial charge in [-0.2, -0.15) is 0 Å². The largest absolute Gasteiger partial charge is 0.374 e. The summed E-state index contributed by atoms with van der Waals surface area (Å²) in [5.41, 5.74) is 4.94. The molecule has 4 nitrogen and oxygen atoms in total. The Morgan fingerprint density at radius 3 is 2.24 bits per heavy atom. The number of amides is 1. The van der Waals surface area contributed by atoms with E-state index in [2.05, 4.69) is 21.0 Å². The van der Waals surface area contributed by atoms with Gasteiger partial charge >= 0.3 is 0 Å². The van der Waals surface area contributed by atoms with E-state index in [1.54, 1.807) is 11.3 Å². The molecule has 0 saturated heterocycles. The van der Waals surface area contributed by atoms with Crippen molar-refractivity contribution in [2.45, 2.75) is 26.8 Å². The van der Waals surface area contributed by atoms with Crippen LogP contribution in [0.2, 0.25) is 0 Å². The van der Waals surface area contributed by atoms with Gasteiger partial charge in [0.2, 0.25) is 5.91 Å². The molecule has 5 heteroatoms. The van der Waals surface area contributed by atoms with Crippen LogP contribution in [-0.2, 0) is 4.79 Å². The normalized spacial score (nSPS) is 11.8. The average Bonchev–Trinajstić information content (AvgIpc) is 3.04. The molecule has 2 aromatic carbocycles. The Balaban J connectivity index is 1.61. The Bertz CT molecular complexity index is 853. The van der Waals surface area contributed by atoms with E-state index < -0.39 is 0 Å². The lowest BCUT2D eigenvalue weighted by Gasteiger charge is -2.15. The zero-order valence-electron chi connectivity index (χ0n) is 14.5. The molecule has 0 radical (unpaired) electrons. The third-order valence-corrected chi connectivity index (χ3v) is 4.67. The SMILES string of the molecule is Cc1ccc(NC(=O)C(C)Nc2ccc(-c3csc(C)n3)cc2)cc1. The molecular weight excluding hydrogens is 330 g/mol. The van der Waals surface area contributed by atoms with Crippen molar-refractivity contribution in [3.05, 3.63) is 64.5 Å². The first-order chi connectivity index (χ1) is 12.0. The van der Waals surface area contributed by atoms with Gasteiger partial charge in [-0.05, 0) is 45.0 Å². The van der Waals surface area contributed by atoms with Crippen LogP contribution in [0.4, 0.5) is 11.4 Å². The molecule has 1 amide bonds. The average molecular weight is 351 g/mol. The molecule has 1 atom stereocenters. The Morgan fingerprint density at radius 1 is 1.00 bits per heavy atom. The first-order valence-electron chi connectivity index (χ1n) is 8.18. The number of aryl methyl sites for hydroxylation is 2. The van der Waals surface area contributed by atoms with Crippen LogP contribution < -0.4 is 10.6 Å². The maximum absolute atomic E-state index is 12.3. The lowest BCUT2D eigenvalue weighted by molar-refractivity contribution is -0.116. The molecule has 1 unspecified atom stereocenters. The fraction of sp³-hybridized carbons (Fsp3) is 0.200. The summed E-state index contributed by atoms with van der Waals surface area (Å²) in [5, 5.41) is 9.25. The zero-order chi connectivity index (χ0) is 17.8. The predicted octanol–water partition coefficient (Wildman–Crippen LogP) is 4.87. The molecule has 1 heterocycles. The molecular formula is C20H21N3OS. The second kappa shape index (κ2) is 7.49. The van der Waals surface area contributed by atoms with Gasteiger partial charge in [0.25, 0.3) is 0 Å². The highest BCUT2D eigenvalue weighted by molar-refractivity contribution is 7.09. The lowest BCUT2D eigenvalue weighted by Crippen LogP contribution is -2.31. The summed E-state index contributed by atoms with van der Waals surface area (Å²) in [7, 11) is 0. The van der Waals surface area contributed by atoms with E-state index >= 15 is 0 Å². The van der Waals surface area contributed by atoms with Crippen LogP contribution in [0.25, 0.3) is 11.3 Å². The van der Waals surface area contributed by atoms with Gasteiger partial charge in [-0.25, -0.2) is 4.98 Å². The van der Waals surface area contributed by atoms with E-state index in [-0.39, 0.29) is 11.9 Å². The minimum absolute atomic E-state index is 0.0666. The van der Waals surface area contributed by atoms with Crippen LogP contribution in [0.1, 0.15) is 17.5 Å². The van der Waals surface area contributed by atoms with Gasteiger partial charge < -0.3 is 10.6 Å². The van der Waals surface area contributed by atoms with E-state index in [0.29, 0.717) is 0 Å². The van der Waals surface area contributed by atoms with Crippen molar-refractivity contribution in [3.63, 3.8) is 0 Å². The first-order valence-corrected chi connectivity index (χ1v) is 9.06. The molecule has 0 aliphatic heterocycles. The highest BCUT2D eigenvalue weighted by Gasteiger charge is 2.13. The molecule has 0 spiro atoms. The third-order valence-electron chi connectivity index (χ3n) is 3.90. The van der Waals surface area contributed by atoms with Crippen molar-refractivity contribution >= 4 is 28.6 Å².